The van der Waals surface area contributed by atoms with Crippen LogP contribution in [0.5, 0.6) is 11.5 Å². The fourth-order valence-electron chi connectivity index (χ4n) is 1.15. The lowest BCUT2D eigenvalue weighted by Crippen LogP contribution is -2.01. The molecule has 0 aliphatic carbocycles. The summed E-state index contributed by atoms with van der Waals surface area (Å²) in [5.74, 6) is -2.50. The lowest BCUT2D eigenvalue weighted by Gasteiger charge is -2.11. The smallest absolute Gasteiger partial charge is 0.236 e. The van der Waals surface area contributed by atoms with E-state index in [1.54, 1.807) is 0 Å². The monoisotopic (exact) mass is 332 g/mol. The van der Waals surface area contributed by atoms with E-state index in [1.165, 1.54) is 7.11 Å². The molecule has 1 aromatic rings. The van der Waals surface area contributed by atoms with Gasteiger partial charge >= 0.3 is 0 Å². The highest BCUT2D eigenvalue weighted by Gasteiger charge is 2.21. The standard InChI is InChI=1S/C8H7BrClFO4S/c1-15-8-4(3-16(10,13)14)5(9)2-6(11)7(8)12/h2,12H,3H2,1H3. The largest absolute Gasteiger partial charge is 0.502 e. The second kappa shape index (κ2) is 4.77. The van der Waals surface area contributed by atoms with E-state index in [0.717, 1.165) is 6.07 Å². The number of hydrogen-bond donors (Lipinski definition) is 1. The third-order valence-corrected chi connectivity index (χ3v) is 3.45. The Hall–Kier alpha value is -0.530. The molecule has 8 heteroatoms. The predicted octanol–water partition coefficient (Wildman–Crippen LogP) is 2.37. The zero-order valence-electron chi connectivity index (χ0n) is 8.00. The maximum atomic E-state index is 13.1. The molecule has 0 atom stereocenters. The average Bonchev–Trinajstić information content (AvgIpc) is 2.13. The number of methoxy groups -OCH3 is 1. The first-order valence-corrected chi connectivity index (χ1v) is 7.19. The molecular formula is C8H7BrClFO4S. The van der Waals surface area contributed by atoms with Crippen molar-refractivity contribution >= 4 is 35.7 Å². The fourth-order valence-corrected chi connectivity index (χ4v) is 2.82. The van der Waals surface area contributed by atoms with Crippen molar-refractivity contribution in [3.05, 3.63) is 21.9 Å². The molecule has 0 aliphatic heterocycles. The van der Waals surface area contributed by atoms with Crippen LogP contribution in [0, 0.1) is 5.82 Å². The molecule has 0 saturated heterocycles. The summed E-state index contributed by atoms with van der Waals surface area (Å²) >= 11 is 2.97. The van der Waals surface area contributed by atoms with Crippen LogP contribution in [0.1, 0.15) is 5.56 Å². The van der Waals surface area contributed by atoms with Crippen LogP contribution < -0.4 is 4.74 Å². The highest BCUT2D eigenvalue weighted by molar-refractivity contribution is 9.10. The molecule has 0 bridgehead atoms. The van der Waals surface area contributed by atoms with E-state index < -0.39 is 26.4 Å². The Morgan fingerprint density at radius 1 is 1.62 bits per heavy atom. The summed E-state index contributed by atoms with van der Waals surface area (Å²) in [5, 5.41) is 9.34. The average molecular weight is 334 g/mol. The molecule has 1 aromatic carbocycles. The lowest BCUT2D eigenvalue weighted by atomic mass is 10.2. The lowest BCUT2D eigenvalue weighted by molar-refractivity contribution is 0.354. The van der Waals surface area contributed by atoms with Gasteiger partial charge in [-0.05, 0) is 6.07 Å². The van der Waals surface area contributed by atoms with Crippen LogP contribution in [0.15, 0.2) is 10.5 Å². The molecule has 0 aliphatic rings. The minimum atomic E-state index is -3.83. The summed E-state index contributed by atoms with van der Waals surface area (Å²) in [6.45, 7) is 0. The third kappa shape index (κ3) is 2.99. The molecular weight excluding hydrogens is 327 g/mol. The van der Waals surface area contributed by atoms with Crippen LogP contribution in [0.4, 0.5) is 4.39 Å². The fraction of sp³-hybridized carbons (Fsp3) is 0.250. The molecule has 1 rings (SSSR count). The predicted molar refractivity (Wildman–Crippen MR) is 60.8 cm³/mol. The maximum Gasteiger partial charge on any atom is 0.236 e. The Morgan fingerprint density at radius 3 is 2.62 bits per heavy atom. The zero-order valence-corrected chi connectivity index (χ0v) is 11.2. The van der Waals surface area contributed by atoms with Crippen molar-refractivity contribution in [2.24, 2.45) is 0 Å². The van der Waals surface area contributed by atoms with Crippen LogP contribution in [0.3, 0.4) is 0 Å². The van der Waals surface area contributed by atoms with E-state index >= 15 is 0 Å². The molecule has 0 heterocycles. The number of aromatic hydroxyl groups is 1. The van der Waals surface area contributed by atoms with Crippen molar-refractivity contribution in [3.63, 3.8) is 0 Å². The first-order chi connectivity index (χ1) is 7.26. The van der Waals surface area contributed by atoms with Crippen molar-refractivity contribution in [2.45, 2.75) is 5.75 Å². The molecule has 0 amide bonds. The van der Waals surface area contributed by atoms with Crippen molar-refractivity contribution in [3.8, 4) is 11.5 Å². The Balaban J connectivity index is 3.43. The van der Waals surface area contributed by atoms with E-state index in [9.17, 15) is 17.9 Å². The molecule has 0 fully saturated rings. The summed E-state index contributed by atoms with van der Waals surface area (Å²) in [4.78, 5) is 0. The van der Waals surface area contributed by atoms with Gasteiger partial charge in [-0.1, -0.05) is 15.9 Å². The highest BCUT2D eigenvalue weighted by Crippen LogP contribution is 2.39. The normalized spacial score (nSPS) is 11.5. The van der Waals surface area contributed by atoms with Gasteiger partial charge in [-0.25, -0.2) is 12.8 Å². The van der Waals surface area contributed by atoms with E-state index in [0.29, 0.717) is 0 Å². The summed E-state index contributed by atoms with van der Waals surface area (Å²) in [7, 11) is 2.43. The van der Waals surface area contributed by atoms with Crippen LogP contribution in [0.2, 0.25) is 0 Å². The molecule has 0 unspecified atom stereocenters. The Morgan fingerprint density at radius 2 is 2.19 bits per heavy atom. The van der Waals surface area contributed by atoms with Gasteiger partial charge in [-0.3, -0.25) is 0 Å². The Kier molecular flexibility index (Phi) is 4.03. The summed E-state index contributed by atoms with van der Waals surface area (Å²) in [6.07, 6.45) is 0. The number of ether oxygens (including phenoxy) is 1. The molecule has 0 spiro atoms. The van der Waals surface area contributed by atoms with Crippen molar-refractivity contribution < 1.29 is 22.7 Å². The summed E-state index contributed by atoms with van der Waals surface area (Å²) < 4.78 is 39.9. The van der Waals surface area contributed by atoms with E-state index in [1.807, 2.05) is 0 Å². The highest BCUT2D eigenvalue weighted by atomic mass is 79.9. The number of hydrogen-bond acceptors (Lipinski definition) is 4. The maximum absolute atomic E-state index is 13.1. The van der Waals surface area contributed by atoms with Gasteiger partial charge < -0.3 is 9.84 Å². The summed E-state index contributed by atoms with van der Waals surface area (Å²) in [6, 6.07) is 0.940. The summed E-state index contributed by atoms with van der Waals surface area (Å²) in [5.41, 5.74) is 0.0661. The van der Waals surface area contributed by atoms with Gasteiger partial charge in [0.2, 0.25) is 9.05 Å². The molecule has 0 radical (unpaired) electrons. The SMILES string of the molecule is COc1c(O)c(F)cc(Br)c1CS(=O)(=O)Cl. The minimum Gasteiger partial charge on any atom is -0.502 e. The zero-order chi connectivity index (χ0) is 12.5. The quantitative estimate of drug-likeness (QED) is 0.863. The van der Waals surface area contributed by atoms with Crippen molar-refractivity contribution in [1.82, 2.24) is 0 Å². The molecule has 16 heavy (non-hydrogen) atoms. The second-order valence-electron chi connectivity index (χ2n) is 2.88. The van der Waals surface area contributed by atoms with E-state index in [-0.39, 0.29) is 15.8 Å². The van der Waals surface area contributed by atoms with Crippen molar-refractivity contribution in [2.75, 3.05) is 7.11 Å². The van der Waals surface area contributed by atoms with Gasteiger partial charge in [0, 0.05) is 20.7 Å². The van der Waals surface area contributed by atoms with Crippen LogP contribution in [-0.2, 0) is 14.8 Å². The van der Waals surface area contributed by atoms with Gasteiger partial charge in [0.1, 0.15) is 0 Å². The number of halogens is 3. The first kappa shape index (κ1) is 13.5. The van der Waals surface area contributed by atoms with Gasteiger partial charge in [-0.2, -0.15) is 0 Å². The number of benzene rings is 1. The third-order valence-electron chi connectivity index (χ3n) is 1.78. The van der Waals surface area contributed by atoms with Crippen molar-refractivity contribution in [1.29, 1.82) is 0 Å². The topological polar surface area (TPSA) is 63.6 Å². The molecule has 90 valence electrons. The van der Waals surface area contributed by atoms with Crippen LogP contribution in [0.25, 0.3) is 0 Å². The van der Waals surface area contributed by atoms with Gasteiger partial charge in [0.05, 0.1) is 12.9 Å². The minimum absolute atomic E-state index is 0.0661. The number of phenolic OH excluding ortho intramolecular Hbond substituents is 1. The Labute approximate surface area is 105 Å². The Bertz CT molecular complexity index is 517. The number of rotatable bonds is 3. The molecule has 4 nitrogen and oxygen atoms in total. The van der Waals surface area contributed by atoms with Gasteiger partial charge in [0.15, 0.2) is 17.3 Å². The van der Waals surface area contributed by atoms with E-state index in [2.05, 4.69) is 15.9 Å². The second-order valence-corrected chi connectivity index (χ2v) is 6.52. The molecule has 0 aromatic heterocycles. The van der Waals surface area contributed by atoms with Gasteiger partial charge in [-0.15, -0.1) is 0 Å². The molecule has 1 N–H and O–H groups in total. The van der Waals surface area contributed by atoms with Crippen LogP contribution in [-0.4, -0.2) is 20.6 Å². The first-order valence-electron chi connectivity index (χ1n) is 3.92. The molecule has 0 saturated carbocycles. The number of phenols is 1. The van der Waals surface area contributed by atoms with Crippen LogP contribution >= 0.6 is 26.6 Å². The van der Waals surface area contributed by atoms with Gasteiger partial charge in [0.25, 0.3) is 0 Å². The van der Waals surface area contributed by atoms with E-state index in [4.69, 9.17) is 15.4 Å².